The molecule has 1 amide bonds. The molecule has 2 N–H and O–H groups in total. The summed E-state index contributed by atoms with van der Waals surface area (Å²) in [5.74, 6) is 0.457. The summed E-state index contributed by atoms with van der Waals surface area (Å²) < 4.78 is 6.28. The van der Waals surface area contributed by atoms with Gasteiger partial charge in [-0.1, -0.05) is 0 Å². The van der Waals surface area contributed by atoms with Crippen LogP contribution in [0.3, 0.4) is 0 Å². The summed E-state index contributed by atoms with van der Waals surface area (Å²) in [5.41, 5.74) is 1.56. The quantitative estimate of drug-likeness (QED) is 0.790. The molecule has 5 nitrogen and oxygen atoms in total. The Bertz CT molecular complexity index is 635. The van der Waals surface area contributed by atoms with Crippen LogP contribution in [0.1, 0.15) is 26.3 Å². The number of pyridine rings is 1. The van der Waals surface area contributed by atoms with Gasteiger partial charge in [0.15, 0.2) is 0 Å². The number of nitrogens with zero attached hydrogens (tertiary/aromatic N) is 1. The highest BCUT2D eigenvalue weighted by Crippen LogP contribution is 2.21. The van der Waals surface area contributed by atoms with Crippen LogP contribution in [-0.2, 0) is 11.3 Å². The van der Waals surface area contributed by atoms with Gasteiger partial charge in [-0.05, 0) is 65.8 Å². The van der Waals surface area contributed by atoms with Crippen molar-refractivity contribution in [3.63, 3.8) is 0 Å². The third-order valence-electron chi connectivity index (χ3n) is 2.51. The van der Waals surface area contributed by atoms with E-state index in [4.69, 9.17) is 4.74 Å². The van der Waals surface area contributed by atoms with Gasteiger partial charge in [-0.25, -0.2) is 9.78 Å². The molecular formula is C15H18BrN3O2S. The number of carbonyl (C=O) groups excluding carboxylic acids is 1. The van der Waals surface area contributed by atoms with Gasteiger partial charge in [0.1, 0.15) is 11.4 Å². The van der Waals surface area contributed by atoms with Gasteiger partial charge in [0.25, 0.3) is 0 Å². The molecule has 0 saturated heterocycles. The number of thiophene rings is 1. The van der Waals surface area contributed by atoms with Crippen LogP contribution >= 0.6 is 27.3 Å². The maximum Gasteiger partial charge on any atom is 0.413 e. The number of ether oxygens (including phenoxy) is 1. The first-order valence-corrected chi connectivity index (χ1v) is 8.42. The number of rotatable bonds is 4. The number of hydrogen-bond acceptors (Lipinski definition) is 5. The zero-order valence-corrected chi connectivity index (χ0v) is 15.0. The van der Waals surface area contributed by atoms with E-state index in [9.17, 15) is 4.79 Å². The number of amides is 1. The van der Waals surface area contributed by atoms with Crippen LogP contribution in [0.4, 0.5) is 16.3 Å². The lowest BCUT2D eigenvalue weighted by molar-refractivity contribution is 0.0635. The van der Waals surface area contributed by atoms with Crippen LogP contribution in [0.15, 0.2) is 33.6 Å². The van der Waals surface area contributed by atoms with Gasteiger partial charge in [0, 0.05) is 6.54 Å². The van der Waals surface area contributed by atoms with E-state index in [1.165, 1.54) is 5.56 Å². The normalized spacial score (nSPS) is 11.1. The van der Waals surface area contributed by atoms with Crippen LogP contribution < -0.4 is 10.6 Å². The van der Waals surface area contributed by atoms with Crippen molar-refractivity contribution in [2.24, 2.45) is 0 Å². The van der Waals surface area contributed by atoms with Crippen molar-refractivity contribution < 1.29 is 9.53 Å². The lowest BCUT2D eigenvalue weighted by atomic mass is 10.2. The molecule has 0 spiro atoms. The predicted molar refractivity (Wildman–Crippen MR) is 93.4 cm³/mol. The zero-order chi connectivity index (χ0) is 16.2. The maximum atomic E-state index is 11.6. The SMILES string of the molecule is CC(C)(C)OC(=O)Nc1ccc(NCc2csc(Br)c2)cn1. The lowest BCUT2D eigenvalue weighted by Gasteiger charge is -2.19. The molecular weight excluding hydrogens is 366 g/mol. The fourth-order valence-corrected chi connectivity index (χ4v) is 2.83. The summed E-state index contributed by atoms with van der Waals surface area (Å²) in [6, 6.07) is 5.67. The summed E-state index contributed by atoms with van der Waals surface area (Å²) in [4.78, 5) is 15.8. The van der Waals surface area contributed by atoms with Crippen molar-refractivity contribution >= 4 is 44.9 Å². The Morgan fingerprint density at radius 3 is 2.73 bits per heavy atom. The standard InChI is InChI=1S/C15H18BrN3O2S/c1-15(2,3)21-14(20)19-13-5-4-11(8-18-13)17-7-10-6-12(16)22-9-10/h4-6,8-9,17H,7H2,1-3H3,(H,18,19,20). The second-order valence-electron chi connectivity index (χ2n) is 5.67. The average molecular weight is 384 g/mol. The van der Waals surface area contributed by atoms with E-state index >= 15 is 0 Å². The summed E-state index contributed by atoms with van der Waals surface area (Å²) in [7, 11) is 0. The molecule has 2 aromatic heterocycles. The molecule has 0 radical (unpaired) electrons. The van der Waals surface area contributed by atoms with Gasteiger partial charge in [-0.15, -0.1) is 11.3 Å². The number of carbonyl (C=O) groups is 1. The van der Waals surface area contributed by atoms with Crippen molar-refractivity contribution in [1.82, 2.24) is 4.98 Å². The molecule has 7 heteroatoms. The molecule has 0 aliphatic rings. The largest absolute Gasteiger partial charge is 0.444 e. The van der Waals surface area contributed by atoms with E-state index < -0.39 is 11.7 Å². The van der Waals surface area contributed by atoms with E-state index in [1.54, 1.807) is 23.6 Å². The third-order valence-corrected chi connectivity index (χ3v) is 4.06. The van der Waals surface area contributed by atoms with E-state index in [1.807, 2.05) is 26.8 Å². The summed E-state index contributed by atoms with van der Waals surface area (Å²) in [5, 5.41) is 7.96. The first-order valence-electron chi connectivity index (χ1n) is 6.75. The van der Waals surface area contributed by atoms with Crippen molar-refractivity contribution in [3.05, 3.63) is 39.1 Å². The van der Waals surface area contributed by atoms with Crippen molar-refractivity contribution in [1.29, 1.82) is 0 Å². The van der Waals surface area contributed by atoms with Gasteiger partial charge in [0.05, 0.1) is 15.7 Å². The van der Waals surface area contributed by atoms with Crippen LogP contribution in [0, 0.1) is 0 Å². The zero-order valence-electron chi connectivity index (χ0n) is 12.6. The first kappa shape index (κ1) is 16.8. The molecule has 2 rings (SSSR count). The smallest absolute Gasteiger partial charge is 0.413 e. The fourth-order valence-electron chi connectivity index (χ4n) is 1.62. The summed E-state index contributed by atoms with van der Waals surface area (Å²) in [6.07, 6.45) is 1.16. The first-order chi connectivity index (χ1) is 10.3. The highest BCUT2D eigenvalue weighted by atomic mass is 79.9. The molecule has 118 valence electrons. The van der Waals surface area contributed by atoms with Gasteiger partial charge in [-0.2, -0.15) is 0 Å². The molecule has 0 saturated carbocycles. The highest BCUT2D eigenvalue weighted by Gasteiger charge is 2.16. The molecule has 0 atom stereocenters. The van der Waals surface area contributed by atoms with Gasteiger partial charge in [0.2, 0.25) is 0 Å². The number of anilines is 2. The van der Waals surface area contributed by atoms with Gasteiger partial charge < -0.3 is 10.1 Å². The number of nitrogens with one attached hydrogen (secondary N) is 2. The van der Waals surface area contributed by atoms with E-state index in [0.717, 1.165) is 16.0 Å². The Balaban J connectivity index is 1.86. The van der Waals surface area contributed by atoms with Crippen molar-refractivity contribution in [2.75, 3.05) is 10.6 Å². The van der Waals surface area contributed by atoms with Crippen LogP contribution in [0.25, 0.3) is 0 Å². The van der Waals surface area contributed by atoms with Crippen molar-refractivity contribution in [3.8, 4) is 0 Å². The number of hydrogen-bond donors (Lipinski definition) is 2. The second kappa shape index (κ2) is 7.11. The lowest BCUT2D eigenvalue weighted by Crippen LogP contribution is -2.27. The Kier molecular flexibility index (Phi) is 5.42. The second-order valence-corrected chi connectivity index (χ2v) is 7.96. The van der Waals surface area contributed by atoms with Gasteiger partial charge in [-0.3, -0.25) is 5.32 Å². The summed E-state index contributed by atoms with van der Waals surface area (Å²) in [6.45, 7) is 6.17. The van der Waals surface area contributed by atoms with E-state index in [-0.39, 0.29) is 0 Å². The third kappa shape index (κ3) is 5.65. The minimum absolute atomic E-state index is 0.457. The molecule has 0 aliphatic carbocycles. The average Bonchev–Trinajstić information content (AvgIpc) is 2.81. The fraction of sp³-hybridized carbons (Fsp3) is 0.333. The minimum atomic E-state index is -0.527. The van der Waals surface area contributed by atoms with Gasteiger partial charge >= 0.3 is 6.09 Å². The van der Waals surface area contributed by atoms with Crippen LogP contribution in [-0.4, -0.2) is 16.7 Å². The Labute approximate surface area is 142 Å². The minimum Gasteiger partial charge on any atom is -0.444 e. The molecule has 0 aliphatic heterocycles. The molecule has 22 heavy (non-hydrogen) atoms. The van der Waals surface area contributed by atoms with Crippen LogP contribution in [0.2, 0.25) is 0 Å². The number of halogens is 1. The molecule has 0 bridgehead atoms. The summed E-state index contributed by atoms with van der Waals surface area (Å²) >= 11 is 5.09. The monoisotopic (exact) mass is 383 g/mol. The molecule has 0 fully saturated rings. The van der Waals surface area contributed by atoms with E-state index in [0.29, 0.717) is 5.82 Å². The molecule has 0 aromatic carbocycles. The molecule has 2 aromatic rings. The van der Waals surface area contributed by atoms with E-state index in [2.05, 4.69) is 43.0 Å². The maximum absolute atomic E-state index is 11.6. The molecule has 2 heterocycles. The Morgan fingerprint density at radius 1 is 1.41 bits per heavy atom. The molecule has 0 unspecified atom stereocenters. The topological polar surface area (TPSA) is 63.2 Å². The van der Waals surface area contributed by atoms with Crippen molar-refractivity contribution in [2.45, 2.75) is 32.9 Å². The highest BCUT2D eigenvalue weighted by molar-refractivity contribution is 9.11. The van der Waals surface area contributed by atoms with Crippen LogP contribution in [0.5, 0.6) is 0 Å². The predicted octanol–water partition coefficient (Wildman–Crippen LogP) is 4.86. The Morgan fingerprint density at radius 2 is 2.18 bits per heavy atom. The number of aromatic nitrogens is 1. The Hall–Kier alpha value is -1.60.